The summed E-state index contributed by atoms with van der Waals surface area (Å²) in [5.41, 5.74) is 2.61. The van der Waals surface area contributed by atoms with Crippen LogP contribution in [-0.4, -0.2) is 35.2 Å². The summed E-state index contributed by atoms with van der Waals surface area (Å²) >= 11 is 3.35. The van der Waals surface area contributed by atoms with Crippen LogP contribution in [0.2, 0.25) is 0 Å². The van der Waals surface area contributed by atoms with Crippen molar-refractivity contribution in [3.05, 3.63) is 57.6 Å². The largest absolute Gasteiger partial charge is 0.504 e. The van der Waals surface area contributed by atoms with E-state index in [1.165, 1.54) is 6.07 Å². The van der Waals surface area contributed by atoms with Crippen molar-refractivity contribution in [3.8, 4) is 11.5 Å². The van der Waals surface area contributed by atoms with Crippen LogP contribution < -0.4 is 4.74 Å². The number of carboxylic acid groups (broad SMARTS) is 1. The lowest BCUT2D eigenvalue weighted by Gasteiger charge is -2.21. The van der Waals surface area contributed by atoms with Crippen molar-refractivity contribution in [1.82, 2.24) is 4.90 Å². The summed E-state index contributed by atoms with van der Waals surface area (Å²) in [7, 11) is 3.34. The monoisotopic (exact) mass is 393 g/mol. The molecular formula is C18H20BrNO4. The Bertz CT molecular complexity index is 705. The van der Waals surface area contributed by atoms with Crippen LogP contribution >= 0.6 is 15.9 Å². The molecule has 6 heteroatoms. The molecule has 128 valence electrons. The molecule has 0 spiro atoms. The highest BCUT2D eigenvalue weighted by Gasteiger charge is 2.24. The predicted molar refractivity (Wildman–Crippen MR) is 95.4 cm³/mol. The second-order valence-electron chi connectivity index (χ2n) is 5.83. The molecule has 0 unspecified atom stereocenters. The maximum Gasteiger partial charge on any atom is 0.325 e. The first-order chi connectivity index (χ1) is 11.3. The van der Waals surface area contributed by atoms with Crippen molar-refractivity contribution < 1.29 is 19.7 Å². The number of hydrogen-bond acceptors (Lipinski definition) is 4. The molecule has 2 N–H and O–H groups in total. The maximum absolute atomic E-state index is 11.4. The Morgan fingerprint density at radius 1 is 1.25 bits per heavy atom. The van der Waals surface area contributed by atoms with E-state index in [-0.39, 0.29) is 5.75 Å². The highest BCUT2D eigenvalue weighted by atomic mass is 79.9. The van der Waals surface area contributed by atoms with Gasteiger partial charge in [-0.25, -0.2) is 0 Å². The number of aryl methyl sites for hydroxylation is 1. The van der Waals surface area contributed by atoms with Gasteiger partial charge in [0.25, 0.3) is 0 Å². The van der Waals surface area contributed by atoms with Crippen LogP contribution in [0.1, 0.15) is 22.7 Å². The molecule has 0 saturated heterocycles. The zero-order chi connectivity index (χ0) is 17.9. The summed E-state index contributed by atoms with van der Waals surface area (Å²) in [6, 6.07) is 10.1. The van der Waals surface area contributed by atoms with Crippen LogP contribution in [0, 0.1) is 6.92 Å². The SMILES string of the molecule is Cc1ccc(COc2c(O)cc([C@@H](C(=O)O)N(C)C)cc2Br)cc1. The van der Waals surface area contributed by atoms with E-state index >= 15 is 0 Å². The van der Waals surface area contributed by atoms with E-state index in [1.807, 2.05) is 31.2 Å². The van der Waals surface area contributed by atoms with Gasteiger partial charge >= 0.3 is 5.97 Å². The number of aromatic hydroxyl groups is 1. The number of phenols is 1. The van der Waals surface area contributed by atoms with Gasteiger partial charge in [0.2, 0.25) is 0 Å². The molecule has 0 aliphatic carbocycles. The molecule has 0 aliphatic heterocycles. The van der Waals surface area contributed by atoms with Crippen LogP contribution in [0.3, 0.4) is 0 Å². The summed E-state index contributed by atoms with van der Waals surface area (Å²) in [4.78, 5) is 13.0. The average molecular weight is 394 g/mol. The summed E-state index contributed by atoms with van der Waals surface area (Å²) in [6.45, 7) is 2.32. The molecule has 0 aromatic heterocycles. The first-order valence-corrected chi connectivity index (χ1v) is 8.19. The molecule has 0 bridgehead atoms. The van der Waals surface area contributed by atoms with Gasteiger partial charge in [0, 0.05) is 0 Å². The fourth-order valence-electron chi connectivity index (χ4n) is 2.40. The second kappa shape index (κ2) is 7.68. The van der Waals surface area contributed by atoms with Crippen molar-refractivity contribution in [2.75, 3.05) is 14.1 Å². The summed E-state index contributed by atoms with van der Waals surface area (Å²) in [5, 5.41) is 19.6. The van der Waals surface area contributed by atoms with Gasteiger partial charge in [-0.1, -0.05) is 29.8 Å². The van der Waals surface area contributed by atoms with Crippen molar-refractivity contribution in [1.29, 1.82) is 0 Å². The van der Waals surface area contributed by atoms with E-state index in [1.54, 1.807) is 25.1 Å². The Morgan fingerprint density at radius 2 is 1.88 bits per heavy atom. The molecule has 1 atom stereocenters. The number of hydrogen-bond donors (Lipinski definition) is 2. The number of phenolic OH excluding ortho intramolecular Hbond substituents is 1. The molecule has 0 radical (unpaired) electrons. The number of rotatable bonds is 6. The van der Waals surface area contributed by atoms with E-state index in [4.69, 9.17) is 4.74 Å². The zero-order valence-corrected chi connectivity index (χ0v) is 15.4. The number of carboxylic acids is 1. The first-order valence-electron chi connectivity index (χ1n) is 7.39. The van der Waals surface area contributed by atoms with E-state index in [0.29, 0.717) is 22.4 Å². The number of carbonyl (C=O) groups is 1. The van der Waals surface area contributed by atoms with Crippen molar-refractivity contribution in [3.63, 3.8) is 0 Å². The van der Waals surface area contributed by atoms with Gasteiger partial charge in [0.1, 0.15) is 12.6 Å². The molecule has 0 amide bonds. The lowest BCUT2D eigenvalue weighted by Crippen LogP contribution is -2.27. The number of aliphatic carboxylic acids is 1. The van der Waals surface area contributed by atoms with Crippen LogP contribution in [0.5, 0.6) is 11.5 Å². The van der Waals surface area contributed by atoms with Gasteiger partial charge in [-0.3, -0.25) is 9.69 Å². The molecule has 0 heterocycles. The lowest BCUT2D eigenvalue weighted by atomic mass is 10.1. The number of likely N-dealkylation sites (N-methyl/N-ethyl adjacent to an activating group) is 1. The van der Waals surface area contributed by atoms with E-state index < -0.39 is 12.0 Å². The third-order valence-corrected chi connectivity index (χ3v) is 4.21. The average Bonchev–Trinajstić information content (AvgIpc) is 2.47. The first kappa shape index (κ1) is 18.3. The normalized spacial score (nSPS) is 12.2. The van der Waals surface area contributed by atoms with E-state index in [0.717, 1.165) is 11.1 Å². The van der Waals surface area contributed by atoms with Gasteiger partial charge in [-0.05, 0) is 60.2 Å². The molecule has 0 fully saturated rings. The molecule has 5 nitrogen and oxygen atoms in total. The van der Waals surface area contributed by atoms with Crippen LogP contribution in [0.4, 0.5) is 0 Å². The summed E-state index contributed by atoms with van der Waals surface area (Å²) in [5.74, 6) is -0.790. The minimum absolute atomic E-state index is 0.0976. The number of benzene rings is 2. The van der Waals surface area contributed by atoms with Gasteiger partial charge in [-0.15, -0.1) is 0 Å². The highest BCUT2D eigenvalue weighted by molar-refractivity contribution is 9.10. The fraction of sp³-hybridized carbons (Fsp3) is 0.278. The maximum atomic E-state index is 11.4. The molecule has 2 aromatic carbocycles. The van der Waals surface area contributed by atoms with Crippen molar-refractivity contribution in [2.45, 2.75) is 19.6 Å². The van der Waals surface area contributed by atoms with Crippen molar-refractivity contribution >= 4 is 21.9 Å². The fourth-order valence-corrected chi connectivity index (χ4v) is 2.98. The van der Waals surface area contributed by atoms with Crippen LogP contribution in [0.15, 0.2) is 40.9 Å². The van der Waals surface area contributed by atoms with Gasteiger partial charge in [0.05, 0.1) is 4.47 Å². The quantitative estimate of drug-likeness (QED) is 0.782. The molecule has 2 rings (SSSR count). The topological polar surface area (TPSA) is 70.0 Å². The number of ether oxygens (including phenoxy) is 1. The second-order valence-corrected chi connectivity index (χ2v) is 6.68. The van der Waals surface area contributed by atoms with Gasteiger partial charge < -0.3 is 14.9 Å². The Balaban J connectivity index is 2.23. The molecule has 0 saturated carbocycles. The van der Waals surface area contributed by atoms with Gasteiger partial charge in [-0.2, -0.15) is 0 Å². The molecule has 24 heavy (non-hydrogen) atoms. The molecule has 0 aliphatic rings. The van der Waals surface area contributed by atoms with Gasteiger partial charge in [0.15, 0.2) is 11.5 Å². The Hall–Kier alpha value is -2.05. The Morgan fingerprint density at radius 3 is 2.38 bits per heavy atom. The highest BCUT2D eigenvalue weighted by Crippen LogP contribution is 2.38. The lowest BCUT2D eigenvalue weighted by molar-refractivity contribution is -0.142. The number of halogens is 1. The summed E-state index contributed by atoms with van der Waals surface area (Å²) < 4.78 is 6.20. The predicted octanol–water partition coefficient (Wildman–Crippen LogP) is 3.73. The Labute approximate surface area is 149 Å². The van der Waals surface area contributed by atoms with E-state index in [2.05, 4.69) is 15.9 Å². The number of nitrogens with zero attached hydrogens (tertiary/aromatic N) is 1. The minimum atomic E-state index is -0.986. The van der Waals surface area contributed by atoms with E-state index in [9.17, 15) is 15.0 Å². The smallest absolute Gasteiger partial charge is 0.325 e. The summed E-state index contributed by atoms with van der Waals surface area (Å²) in [6.07, 6.45) is 0. The third-order valence-electron chi connectivity index (χ3n) is 3.62. The standard InChI is InChI=1S/C18H20BrNO4/c1-11-4-6-12(7-5-11)10-24-17-14(19)8-13(9-15(17)21)16(18(22)23)20(2)3/h4-9,16,21H,10H2,1-3H3,(H,22,23)/t16-/m0/s1. The molecule has 2 aromatic rings. The zero-order valence-electron chi connectivity index (χ0n) is 13.8. The van der Waals surface area contributed by atoms with Crippen LogP contribution in [-0.2, 0) is 11.4 Å². The third kappa shape index (κ3) is 4.27. The van der Waals surface area contributed by atoms with Crippen LogP contribution in [0.25, 0.3) is 0 Å². The van der Waals surface area contributed by atoms with Crippen molar-refractivity contribution in [2.24, 2.45) is 0 Å². The molecular weight excluding hydrogens is 374 g/mol. The Kier molecular flexibility index (Phi) is 5.85. The minimum Gasteiger partial charge on any atom is -0.504 e.